The molecular weight excluding hydrogens is 314 g/mol. The monoisotopic (exact) mass is 345 g/mol. The number of nitrogens with zero attached hydrogens (tertiary/aromatic N) is 4. The molecule has 138 valence electrons. The van der Waals surface area contributed by atoms with Gasteiger partial charge in [0.15, 0.2) is 0 Å². The van der Waals surface area contributed by atoms with Crippen molar-refractivity contribution in [2.45, 2.75) is 52.1 Å². The van der Waals surface area contributed by atoms with Crippen LogP contribution in [0.2, 0.25) is 0 Å². The fourth-order valence-electron chi connectivity index (χ4n) is 4.02. The number of amides is 1. The SMILES string of the molecule is CC1CCCC(NC(=O)C(C)N2CCN(c3ncccn3)CC2)C1C. The molecular formula is C19H31N5O. The van der Waals surface area contributed by atoms with Crippen LogP contribution in [0.4, 0.5) is 5.95 Å². The Bertz CT molecular complexity index is 558. The number of aromatic nitrogens is 2. The summed E-state index contributed by atoms with van der Waals surface area (Å²) in [4.78, 5) is 25.8. The van der Waals surface area contributed by atoms with Gasteiger partial charge in [-0.25, -0.2) is 9.97 Å². The van der Waals surface area contributed by atoms with Crippen LogP contribution >= 0.6 is 0 Å². The van der Waals surface area contributed by atoms with E-state index < -0.39 is 0 Å². The molecule has 4 atom stereocenters. The van der Waals surface area contributed by atoms with Crippen molar-refractivity contribution in [3.8, 4) is 0 Å². The minimum Gasteiger partial charge on any atom is -0.352 e. The fraction of sp³-hybridized carbons (Fsp3) is 0.737. The van der Waals surface area contributed by atoms with Crippen LogP contribution < -0.4 is 10.2 Å². The third-order valence-electron chi connectivity index (χ3n) is 6.11. The molecule has 0 bridgehead atoms. The van der Waals surface area contributed by atoms with Crippen LogP contribution in [0, 0.1) is 11.8 Å². The summed E-state index contributed by atoms with van der Waals surface area (Å²) < 4.78 is 0. The minimum atomic E-state index is -0.0803. The molecule has 2 fully saturated rings. The summed E-state index contributed by atoms with van der Waals surface area (Å²) in [7, 11) is 0. The summed E-state index contributed by atoms with van der Waals surface area (Å²) in [6.45, 7) is 10.1. The number of rotatable bonds is 4. The number of carbonyl (C=O) groups is 1. The average Bonchev–Trinajstić information content (AvgIpc) is 2.65. The molecule has 2 heterocycles. The summed E-state index contributed by atoms with van der Waals surface area (Å²) in [5.41, 5.74) is 0. The molecule has 6 nitrogen and oxygen atoms in total. The highest BCUT2D eigenvalue weighted by atomic mass is 16.2. The van der Waals surface area contributed by atoms with Gasteiger partial charge >= 0.3 is 0 Å². The number of nitrogens with one attached hydrogen (secondary N) is 1. The second-order valence-electron chi connectivity index (χ2n) is 7.63. The molecule has 0 aromatic carbocycles. The van der Waals surface area contributed by atoms with E-state index in [9.17, 15) is 4.79 Å². The molecule has 1 aromatic rings. The summed E-state index contributed by atoms with van der Waals surface area (Å²) in [5, 5.41) is 3.32. The smallest absolute Gasteiger partial charge is 0.237 e. The van der Waals surface area contributed by atoms with E-state index in [1.807, 2.05) is 13.0 Å². The lowest BCUT2D eigenvalue weighted by atomic mass is 9.78. The Morgan fingerprint density at radius 1 is 1.16 bits per heavy atom. The Morgan fingerprint density at radius 2 is 1.84 bits per heavy atom. The van der Waals surface area contributed by atoms with Gasteiger partial charge in [0.1, 0.15) is 0 Å². The largest absolute Gasteiger partial charge is 0.352 e. The van der Waals surface area contributed by atoms with Crippen molar-refractivity contribution >= 4 is 11.9 Å². The van der Waals surface area contributed by atoms with E-state index in [0.29, 0.717) is 17.9 Å². The Morgan fingerprint density at radius 3 is 2.52 bits per heavy atom. The molecule has 3 rings (SSSR count). The van der Waals surface area contributed by atoms with Crippen LogP contribution in [0.15, 0.2) is 18.5 Å². The molecule has 25 heavy (non-hydrogen) atoms. The molecule has 1 aliphatic heterocycles. The first-order valence-electron chi connectivity index (χ1n) is 9.62. The molecule has 1 amide bonds. The van der Waals surface area contributed by atoms with Crippen molar-refractivity contribution in [2.24, 2.45) is 11.8 Å². The van der Waals surface area contributed by atoms with E-state index in [1.165, 1.54) is 12.8 Å². The van der Waals surface area contributed by atoms with Crippen molar-refractivity contribution < 1.29 is 4.79 Å². The summed E-state index contributed by atoms with van der Waals surface area (Å²) in [6, 6.07) is 2.08. The minimum absolute atomic E-state index is 0.0803. The third kappa shape index (κ3) is 4.29. The molecule has 4 unspecified atom stereocenters. The molecule has 1 N–H and O–H groups in total. The first-order valence-corrected chi connectivity index (χ1v) is 9.62. The first-order chi connectivity index (χ1) is 12.1. The number of piperazine rings is 1. The van der Waals surface area contributed by atoms with Crippen LogP contribution in [-0.2, 0) is 4.79 Å². The van der Waals surface area contributed by atoms with E-state index >= 15 is 0 Å². The Labute approximate surface area is 151 Å². The number of hydrogen-bond acceptors (Lipinski definition) is 5. The van der Waals surface area contributed by atoms with Gasteiger partial charge in [-0.05, 0) is 31.2 Å². The van der Waals surface area contributed by atoms with Crippen molar-refractivity contribution in [1.82, 2.24) is 20.2 Å². The van der Waals surface area contributed by atoms with Crippen LogP contribution in [-0.4, -0.2) is 59.0 Å². The summed E-state index contributed by atoms with van der Waals surface area (Å²) in [6.07, 6.45) is 7.17. The highest BCUT2D eigenvalue weighted by Gasteiger charge is 2.31. The quantitative estimate of drug-likeness (QED) is 0.903. The van der Waals surface area contributed by atoms with E-state index in [1.54, 1.807) is 12.4 Å². The van der Waals surface area contributed by atoms with E-state index in [-0.39, 0.29) is 11.9 Å². The number of carbonyl (C=O) groups excluding carboxylic acids is 1. The molecule has 2 aliphatic rings. The lowest BCUT2D eigenvalue weighted by molar-refractivity contribution is -0.127. The van der Waals surface area contributed by atoms with Gasteiger partial charge in [-0.2, -0.15) is 0 Å². The number of hydrogen-bond donors (Lipinski definition) is 1. The normalized spacial score (nSPS) is 29.2. The van der Waals surface area contributed by atoms with Crippen molar-refractivity contribution in [3.05, 3.63) is 18.5 Å². The van der Waals surface area contributed by atoms with E-state index in [2.05, 4.69) is 38.9 Å². The predicted molar refractivity (Wildman–Crippen MR) is 99.4 cm³/mol. The van der Waals surface area contributed by atoms with E-state index in [4.69, 9.17) is 0 Å². The molecule has 1 saturated carbocycles. The average molecular weight is 345 g/mol. The van der Waals surface area contributed by atoms with Crippen LogP contribution in [0.5, 0.6) is 0 Å². The van der Waals surface area contributed by atoms with Gasteiger partial charge in [0.25, 0.3) is 0 Å². The van der Waals surface area contributed by atoms with Gasteiger partial charge in [-0.15, -0.1) is 0 Å². The maximum absolute atomic E-state index is 12.7. The zero-order chi connectivity index (χ0) is 17.8. The summed E-state index contributed by atoms with van der Waals surface area (Å²) in [5.74, 6) is 2.22. The van der Waals surface area contributed by atoms with Crippen LogP contribution in [0.3, 0.4) is 0 Å². The van der Waals surface area contributed by atoms with Gasteiger partial charge in [0.2, 0.25) is 11.9 Å². The second kappa shape index (κ2) is 8.13. The Kier molecular flexibility index (Phi) is 5.89. The van der Waals surface area contributed by atoms with Crippen molar-refractivity contribution in [3.63, 3.8) is 0 Å². The zero-order valence-corrected chi connectivity index (χ0v) is 15.7. The Hall–Kier alpha value is -1.69. The molecule has 0 radical (unpaired) electrons. The molecule has 1 aliphatic carbocycles. The van der Waals surface area contributed by atoms with Gasteiger partial charge in [0.05, 0.1) is 6.04 Å². The molecule has 0 spiro atoms. The maximum Gasteiger partial charge on any atom is 0.237 e. The molecule has 1 saturated heterocycles. The van der Waals surface area contributed by atoms with Crippen molar-refractivity contribution in [1.29, 1.82) is 0 Å². The topological polar surface area (TPSA) is 61.4 Å². The summed E-state index contributed by atoms with van der Waals surface area (Å²) >= 11 is 0. The lowest BCUT2D eigenvalue weighted by Gasteiger charge is -2.39. The predicted octanol–water partition coefficient (Wildman–Crippen LogP) is 1.93. The fourth-order valence-corrected chi connectivity index (χ4v) is 4.02. The van der Waals surface area contributed by atoms with Gasteiger partial charge in [0, 0.05) is 44.6 Å². The van der Waals surface area contributed by atoms with Crippen LogP contribution in [0.1, 0.15) is 40.0 Å². The highest BCUT2D eigenvalue weighted by molar-refractivity contribution is 5.81. The maximum atomic E-state index is 12.7. The van der Waals surface area contributed by atoms with Gasteiger partial charge in [-0.1, -0.05) is 26.7 Å². The van der Waals surface area contributed by atoms with Crippen LogP contribution in [0.25, 0.3) is 0 Å². The Balaban J connectivity index is 1.50. The third-order valence-corrected chi connectivity index (χ3v) is 6.11. The first kappa shape index (κ1) is 18.1. The zero-order valence-electron chi connectivity index (χ0n) is 15.7. The highest BCUT2D eigenvalue weighted by Crippen LogP contribution is 2.29. The van der Waals surface area contributed by atoms with E-state index in [0.717, 1.165) is 38.5 Å². The van der Waals surface area contributed by atoms with Crippen molar-refractivity contribution in [2.75, 3.05) is 31.1 Å². The number of anilines is 1. The molecule has 6 heteroatoms. The second-order valence-corrected chi connectivity index (χ2v) is 7.63. The molecule has 1 aromatic heterocycles. The van der Waals surface area contributed by atoms with Gasteiger partial charge < -0.3 is 10.2 Å². The lowest BCUT2D eigenvalue weighted by Crippen LogP contribution is -2.56. The van der Waals surface area contributed by atoms with Gasteiger partial charge in [-0.3, -0.25) is 9.69 Å². The standard InChI is InChI=1S/C19H31N5O/c1-14-6-4-7-17(15(14)2)22-18(25)16(3)23-10-12-24(13-11-23)19-20-8-5-9-21-19/h5,8-9,14-17H,4,6-7,10-13H2,1-3H3,(H,22,25).